The van der Waals surface area contributed by atoms with E-state index in [2.05, 4.69) is 5.32 Å². The molecule has 20 heavy (non-hydrogen) atoms. The van der Waals surface area contributed by atoms with Gasteiger partial charge in [0, 0.05) is 11.6 Å². The molecule has 1 unspecified atom stereocenters. The SMILES string of the molecule is Cc1cc(C)c([N+](=O)[O-])cc1NC(=O)C(N)CC(C)C. The van der Waals surface area contributed by atoms with Crippen molar-refractivity contribution < 1.29 is 9.72 Å². The van der Waals surface area contributed by atoms with Crippen LogP contribution in [0.1, 0.15) is 31.4 Å². The number of nitrogens with two attached hydrogens (primary N) is 1. The number of carbonyl (C=O) groups excluding carboxylic acids is 1. The van der Waals surface area contributed by atoms with Crippen molar-refractivity contribution in [1.82, 2.24) is 0 Å². The van der Waals surface area contributed by atoms with Gasteiger partial charge < -0.3 is 11.1 Å². The molecule has 0 aromatic heterocycles. The van der Waals surface area contributed by atoms with Crippen molar-refractivity contribution in [2.45, 2.75) is 40.2 Å². The van der Waals surface area contributed by atoms with E-state index in [0.717, 1.165) is 5.56 Å². The first-order chi connectivity index (χ1) is 9.22. The van der Waals surface area contributed by atoms with Gasteiger partial charge in [-0.05, 0) is 37.8 Å². The molecular weight excluding hydrogens is 258 g/mol. The Bertz CT molecular complexity index is 527. The minimum Gasteiger partial charge on any atom is -0.324 e. The summed E-state index contributed by atoms with van der Waals surface area (Å²) in [5, 5.41) is 13.6. The van der Waals surface area contributed by atoms with Gasteiger partial charge >= 0.3 is 0 Å². The molecule has 0 spiro atoms. The molecule has 1 aromatic carbocycles. The van der Waals surface area contributed by atoms with E-state index in [4.69, 9.17) is 5.73 Å². The van der Waals surface area contributed by atoms with Crippen LogP contribution in [-0.2, 0) is 4.79 Å². The Morgan fingerprint density at radius 1 is 1.35 bits per heavy atom. The number of nitro groups is 1. The van der Waals surface area contributed by atoms with E-state index in [0.29, 0.717) is 23.6 Å². The lowest BCUT2D eigenvalue weighted by Crippen LogP contribution is -2.36. The number of carbonyl (C=O) groups is 1. The third kappa shape index (κ3) is 4.03. The molecule has 0 fully saturated rings. The van der Waals surface area contributed by atoms with Crippen molar-refractivity contribution >= 4 is 17.3 Å². The van der Waals surface area contributed by atoms with Crippen molar-refractivity contribution in [3.05, 3.63) is 33.4 Å². The summed E-state index contributed by atoms with van der Waals surface area (Å²) in [6, 6.07) is 2.45. The smallest absolute Gasteiger partial charge is 0.274 e. The molecule has 0 bridgehead atoms. The van der Waals surface area contributed by atoms with Crippen molar-refractivity contribution in [2.75, 3.05) is 5.32 Å². The van der Waals surface area contributed by atoms with E-state index in [-0.39, 0.29) is 11.6 Å². The minimum absolute atomic E-state index is 0.0108. The Balaban J connectivity index is 2.95. The van der Waals surface area contributed by atoms with Gasteiger partial charge in [0.1, 0.15) is 0 Å². The Morgan fingerprint density at radius 2 is 1.95 bits per heavy atom. The average Bonchev–Trinajstić information content (AvgIpc) is 2.30. The summed E-state index contributed by atoms with van der Waals surface area (Å²) < 4.78 is 0. The fraction of sp³-hybridized carbons (Fsp3) is 0.500. The predicted octanol–water partition coefficient (Wildman–Crippen LogP) is 2.52. The fourth-order valence-electron chi connectivity index (χ4n) is 2.01. The van der Waals surface area contributed by atoms with Gasteiger partial charge in [0.2, 0.25) is 5.91 Å². The summed E-state index contributed by atoms with van der Waals surface area (Å²) >= 11 is 0. The molecule has 110 valence electrons. The molecule has 1 atom stereocenters. The van der Waals surface area contributed by atoms with E-state index in [1.165, 1.54) is 6.07 Å². The van der Waals surface area contributed by atoms with Crippen LogP contribution in [-0.4, -0.2) is 16.9 Å². The molecule has 3 N–H and O–H groups in total. The molecule has 0 heterocycles. The molecule has 0 saturated heterocycles. The molecule has 6 nitrogen and oxygen atoms in total. The largest absolute Gasteiger partial charge is 0.324 e. The van der Waals surface area contributed by atoms with Crippen LogP contribution < -0.4 is 11.1 Å². The van der Waals surface area contributed by atoms with Crippen molar-refractivity contribution in [3.8, 4) is 0 Å². The summed E-state index contributed by atoms with van der Waals surface area (Å²) in [4.78, 5) is 22.4. The summed E-state index contributed by atoms with van der Waals surface area (Å²) in [7, 11) is 0. The number of amides is 1. The van der Waals surface area contributed by atoms with Crippen LogP contribution in [0.3, 0.4) is 0 Å². The maximum Gasteiger partial charge on any atom is 0.274 e. The first-order valence-electron chi connectivity index (χ1n) is 6.54. The van der Waals surface area contributed by atoms with Gasteiger partial charge in [0.05, 0.1) is 16.7 Å². The third-order valence-corrected chi connectivity index (χ3v) is 3.06. The lowest BCUT2D eigenvalue weighted by atomic mass is 10.0. The number of rotatable bonds is 5. The highest BCUT2D eigenvalue weighted by molar-refractivity contribution is 5.95. The molecule has 0 aliphatic heterocycles. The zero-order valence-corrected chi connectivity index (χ0v) is 12.3. The number of hydrogen-bond acceptors (Lipinski definition) is 4. The average molecular weight is 279 g/mol. The first kappa shape index (κ1) is 16.1. The van der Waals surface area contributed by atoms with Crippen molar-refractivity contribution in [1.29, 1.82) is 0 Å². The van der Waals surface area contributed by atoms with E-state index < -0.39 is 11.0 Å². The number of hydrogen-bond donors (Lipinski definition) is 2. The minimum atomic E-state index is -0.616. The molecular formula is C14H21N3O3. The normalized spacial score (nSPS) is 12.3. The van der Waals surface area contributed by atoms with Crippen LogP contribution in [0.4, 0.5) is 11.4 Å². The monoisotopic (exact) mass is 279 g/mol. The standard InChI is InChI=1S/C14H21N3O3/c1-8(2)5-11(15)14(18)16-12-7-13(17(19)20)10(4)6-9(12)3/h6-8,11H,5,15H2,1-4H3,(H,16,18). The summed E-state index contributed by atoms with van der Waals surface area (Å²) in [6.45, 7) is 7.42. The zero-order valence-electron chi connectivity index (χ0n) is 12.3. The van der Waals surface area contributed by atoms with E-state index >= 15 is 0 Å². The molecule has 0 saturated carbocycles. The topological polar surface area (TPSA) is 98.3 Å². The highest BCUT2D eigenvalue weighted by Crippen LogP contribution is 2.26. The Hall–Kier alpha value is -1.95. The van der Waals surface area contributed by atoms with Gasteiger partial charge in [-0.2, -0.15) is 0 Å². The Labute approximate surface area is 118 Å². The van der Waals surface area contributed by atoms with Crippen LogP contribution in [0.5, 0.6) is 0 Å². The predicted molar refractivity (Wildman–Crippen MR) is 78.6 cm³/mol. The van der Waals surface area contributed by atoms with Crippen molar-refractivity contribution in [2.24, 2.45) is 11.7 Å². The van der Waals surface area contributed by atoms with Gasteiger partial charge in [-0.1, -0.05) is 13.8 Å². The van der Waals surface area contributed by atoms with Crippen LogP contribution in [0.25, 0.3) is 0 Å². The highest BCUT2D eigenvalue weighted by atomic mass is 16.6. The number of nitro benzene ring substituents is 1. The number of anilines is 1. The lowest BCUT2D eigenvalue weighted by molar-refractivity contribution is -0.385. The second-order valence-electron chi connectivity index (χ2n) is 5.44. The molecule has 0 aliphatic rings. The zero-order chi connectivity index (χ0) is 15.4. The maximum absolute atomic E-state index is 12.0. The Kier molecular flexibility index (Phi) is 5.21. The number of benzene rings is 1. The van der Waals surface area contributed by atoms with Gasteiger partial charge in [0.15, 0.2) is 0 Å². The van der Waals surface area contributed by atoms with Gasteiger partial charge in [0.25, 0.3) is 5.69 Å². The highest BCUT2D eigenvalue weighted by Gasteiger charge is 2.18. The van der Waals surface area contributed by atoms with E-state index in [1.54, 1.807) is 19.9 Å². The van der Waals surface area contributed by atoms with Crippen LogP contribution >= 0.6 is 0 Å². The summed E-state index contributed by atoms with van der Waals surface area (Å²) in [6.07, 6.45) is 0.568. The quantitative estimate of drug-likeness (QED) is 0.639. The van der Waals surface area contributed by atoms with Gasteiger partial charge in [-0.3, -0.25) is 14.9 Å². The van der Waals surface area contributed by atoms with Gasteiger partial charge in [-0.25, -0.2) is 0 Å². The lowest BCUT2D eigenvalue weighted by Gasteiger charge is -2.15. The fourth-order valence-corrected chi connectivity index (χ4v) is 2.01. The molecule has 0 aliphatic carbocycles. The van der Waals surface area contributed by atoms with E-state index in [9.17, 15) is 14.9 Å². The number of nitrogens with one attached hydrogen (secondary N) is 1. The second kappa shape index (κ2) is 6.47. The number of nitrogens with zero attached hydrogens (tertiary/aromatic N) is 1. The summed E-state index contributed by atoms with van der Waals surface area (Å²) in [5.41, 5.74) is 7.57. The molecule has 1 rings (SSSR count). The van der Waals surface area contributed by atoms with Crippen LogP contribution in [0.15, 0.2) is 12.1 Å². The molecule has 1 amide bonds. The second-order valence-corrected chi connectivity index (χ2v) is 5.44. The van der Waals surface area contributed by atoms with E-state index in [1.807, 2.05) is 13.8 Å². The molecule has 0 radical (unpaired) electrons. The molecule has 1 aromatic rings. The number of aryl methyl sites for hydroxylation is 2. The Morgan fingerprint density at radius 3 is 2.45 bits per heavy atom. The van der Waals surface area contributed by atoms with Crippen molar-refractivity contribution in [3.63, 3.8) is 0 Å². The van der Waals surface area contributed by atoms with Crippen LogP contribution in [0.2, 0.25) is 0 Å². The first-order valence-corrected chi connectivity index (χ1v) is 6.54. The summed E-state index contributed by atoms with van der Waals surface area (Å²) in [5.74, 6) is -0.0100. The molecule has 6 heteroatoms. The third-order valence-electron chi connectivity index (χ3n) is 3.06. The van der Waals surface area contributed by atoms with Crippen LogP contribution in [0, 0.1) is 29.9 Å². The van der Waals surface area contributed by atoms with Gasteiger partial charge in [-0.15, -0.1) is 0 Å². The maximum atomic E-state index is 12.0.